The maximum Gasteiger partial charge on any atom is 0.231 e. The van der Waals surface area contributed by atoms with E-state index in [9.17, 15) is 4.79 Å². The molecule has 1 aliphatic heterocycles. The van der Waals surface area contributed by atoms with Crippen molar-refractivity contribution in [1.82, 2.24) is 10.2 Å². The normalized spacial score (nSPS) is 24.0. The van der Waals surface area contributed by atoms with E-state index in [1.54, 1.807) is 11.1 Å². The molecule has 2 unspecified atom stereocenters. The second-order valence-corrected chi connectivity index (χ2v) is 3.64. The lowest BCUT2D eigenvalue weighted by molar-refractivity contribution is -0.129. The fourth-order valence-electron chi connectivity index (χ4n) is 1.82. The van der Waals surface area contributed by atoms with E-state index in [-0.39, 0.29) is 17.9 Å². The third-order valence-corrected chi connectivity index (χ3v) is 2.72. The summed E-state index contributed by atoms with van der Waals surface area (Å²) in [4.78, 5) is 13.4. The molecule has 1 heterocycles. The van der Waals surface area contributed by atoms with E-state index < -0.39 is 0 Å². The Kier molecular flexibility index (Phi) is 4.10. The van der Waals surface area contributed by atoms with Gasteiger partial charge in [0.1, 0.15) is 0 Å². The van der Waals surface area contributed by atoms with Crippen LogP contribution in [0.4, 0.5) is 0 Å². The van der Waals surface area contributed by atoms with Crippen LogP contribution in [-0.4, -0.2) is 36.5 Å². The number of rotatable bonds is 5. The van der Waals surface area contributed by atoms with Gasteiger partial charge in [0.2, 0.25) is 5.91 Å². The van der Waals surface area contributed by atoms with E-state index in [0.717, 1.165) is 19.5 Å². The molecule has 1 fully saturated rings. The predicted molar refractivity (Wildman–Crippen MR) is 56.5 cm³/mol. The van der Waals surface area contributed by atoms with Crippen molar-refractivity contribution in [2.45, 2.75) is 19.4 Å². The second kappa shape index (κ2) is 5.12. The highest BCUT2D eigenvalue weighted by Crippen LogP contribution is 2.21. The summed E-state index contributed by atoms with van der Waals surface area (Å²) in [5.74, 6) is 0.261. The Labute approximate surface area is 85.1 Å². The first-order valence-electron chi connectivity index (χ1n) is 5.07. The van der Waals surface area contributed by atoms with Crippen LogP contribution in [0.2, 0.25) is 0 Å². The summed E-state index contributed by atoms with van der Waals surface area (Å²) in [5.41, 5.74) is 5.39. The minimum absolute atomic E-state index is 0.0829. The Morgan fingerprint density at radius 3 is 3.07 bits per heavy atom. The Morgan fingerprint density at radius 1 is 1.86 bits per heavy atom. The molecule has 0 aromatic rings. The average Bonchev–Trinajstić information content (AvgIpc) is 2.56. The highest BCUT2D eigenvalue weighted by atomic mass is 16.2. The van der Waals surface area contributed by atoms with Gasteiger partial charge in [0.15, 0.2) is 0 Å². The molecule has 0 saturated carbocycles. The first kappa shape index (κ1) is 11.2. The SMILES string of the molecule is C=CN1CCC(C(C)NCCN)C1=O. The Bertz CT molecular complexity index is 217. The van der Waals surface area contributed by atoms with Gasteiger partial charge in [0, 0.05) is 25.7 Å². The molecule has 0 radical (unpaired) electrons. The van der Waals surface area contributed by atoms with Crippen molar-refractivity contribution in [2.24, 2.45) is 11.7 Å². The summed E-state index contributed by atoms with van der Waals surface area (Å²) in [6.07, 6.45) is 2.52. The zero-order chi connectivity index (χ0) is 10.6. The fourth-order valence-corrected chi connectivity index (χ4v) is 1.82. The topological polar surface area (TPSA) is 58.4 Å². The smallest absolute Gasteiger partial charge is 0.231 e. The van der Waals surface area contributed by atoms with Crippen LogP contribution in [0.5, 0.6) is 0 Å². The van der Waals surface area contributed by atoms with Gasteiger partial charge in [-0.25, -0.2) is 0 Å². The monoisotopic (exact) mass is 197 g/mol. The molecule has 1 rings (SSSR count). The summed E-state index contributed by atoms with van der Waals surface area (Å²) in [6.45, 7) is 7.81. The molecule has 80 valence electrons. The van der Waals surface area contributed by atoms with E-state index in [2.05, 4.69) is 11.9 Å². The Morgan fingerprint density at radius 2 is 2.57 bits per heavy atom. The lowest BCUT2D eigenvalue weighted by atomic mass is 10.00. The summed E-state index contributed by atoms with van der Waals surface area (Å²) in [6, 6.07) is 0.205. The minimum atomic E-state index is 0.0829. The van der Waals surface area contributed by atoms with E-state index in [4.69, 9.17) is 5.73 Å². The lowest BCUT2D eigenvalue weighted by Gasteiger charge is -2.19. The average molecular weight is 197 g/mol. The van der Waals surface area contributed by atoms with Crippen LogP contribution < -0.4 is 11.1 Å². The van der Waals surface area contributed by atoms with Gasteiger partial charge in [-0.05, 0) is 19.5 Å². The van der Waals surface area contributed by atoms with Crippen molar-refractivity contribution >= 4 is 5.91 Å². The van der Waals surface area contributed by atoms with Crippen molar-refractivity contribution in [1.29, 1.82) is 0 Å². The van der Waals surface area contributed by atoms with Crippen LogP contribution >= 0.6 is 0 Å². The van der Waals surface area contributed by atoms with Crippen molar-refractivity contribution in [3.05, 3.63) is 12.8 Å². The molecular weight excluding hydrogens is 178 g/mol. The van der Waals surface area contributed by atoms with Crippen LogP contribution in [-0.2, 0) is 4.79 Å². The summed E-state index contributed by atoms with van der Waals surface area (Å²) < 4.78 is 0. The molecule has 4 heteroatoms. The van der Waals surface area contributed by atoms with Crippen LogP contribution in [0.15, 0.2) is 12.8 Å². The lowest BCUT2D eigenvalue weighted by Crippen LogP contribution is -2.39. The number of carbonyl (C=O) groups excluding carboxylic acids is 1. The maximum atomic E-state index is 11.7. The zero-order valence-corrected chi connectivity index (χ0v) is 8.70. The van der Waals surface area contributed by atoms with Gasteiger partial charge in [0.05, 0.1) is 5.92 Å². The van der Waals surface area contributed by atoms with Gasteiger partial charge in [-0.2, -0.15) is 0 Å². The molecule has 14 heavy (non-hydrogen) atoms. The first-order valence-corrected chi connectivity index (χ1v) is 5.07. The third kappa shape index (κ3) is 2.33. The predicted octanol–water partition coefficient (Wildman–Crippen LogP) is -0.0848. The van der Waals surface area contributed by atoms with E-state index in [1.807, 2.05) is 6.92 Å². The minimum Gasteiger partial charge on any atom is -0.329 e. The van der Waals surface area contributed by atoms with Gasteiger partial charge < -0.3 is 16.0 Å². The molecule has 1 aliphatic rings. The van der Waals surface area contributed by atoms with Gasteiger partial charge >= 0.3 is 0 Å². The van der Waals surface area contributed by atoms with Crippen LogP contribution in [0, 0.1) is 5.92 Å². The number of hydrogen-bond donors (Lipinski definition) is 2. The van der Waals surface area contributed by atoms with Crippen LogP contribution in [0.1, 0.15) is 13.3 Å². The van der Waals surface area contributed by atoms with E-state index >= 15 is 0 Å². The molecule has 4 nitrogen and oxygen atoms in total. The molecular formula is C10H19N3O. The van der Waals surface area contributed by atoms with Crippen molar-refractivity contribution in [3.63, 3.8) is 0 Å². The standard InChI is InChI=1S/C10H19N3O/c1-3-13-7-4-9(10(13)14)8(2)12-6-5-11/h3,8-9,12H,1,4-7,11H2,2H3. The molecule has 1 amide bonds. The zero-order valence-electron chi connectivity index (χ0n) is 8.70. The largest absolute Gasteiger partial charge is 0.329 e. The molecule has 1 saturated heterocycles. The highest BCUT2D eigenvalue weighted by Gasteiger charge is 2.33. The summed E-state index contributed by atoms with van der Waals surface area (Å²) >= 11 is 0. The quantitative estimate of drug-likeness (QED) is 0.648. The molecule has 0 aliphatic carbocycles. The molecule has 0 aromatic carbocycles. The molecule has 0 bridgehead atoms. The highest BCUT2D eigenvalue weighted by molar-refractivity contribution is 5.82. The van der Waals surface area contributed by atoms with Gasteiger partial charge in [-0.3, -0.25) is 4.79 Å². The van der Waals surface area contributed by atoms with Crippen LogP contribution in [0.3, 0.4) is 0 Å². The number of nitrogens with zero attached hydrogens (tertiary/aromatic N) is 1. The number of carbonyl (C=O) groups is 1. The molecule has 0 spiro atoms. The van der Waals surface area contributed by atoms with Crippen molar-refractivity contribution in [2.75, 3.05) is 19.6 Å². The Hall–Kier alpha value is -0.870. The van der Waals surface area contributed by atoms with Crippen molar-refractivity contribution < 1.29 is 4.79 Å². The number of nitrogens with two attached hydrogens (primary N) is 1. The number of nitrogens with one attached hydrogen (secondary N) is 1. The number of likely N-dealkylation sites (tertiary alicyclic amines) is 1. The van der Waals surface area contributed by atoms with Gasteiger partial charge in [-0.1, -0.05) is 6.58 Å². The molecule has 3 N–H and O–H groups in total. The van der Waals surface area contributed by atoms with Gasteiger partial charge in [0.25, 0.3) is 0 Å². The van der Waals surface area contributed by atoms with Crippen molar-refractivity contribution in [3.8, 4) is 0 Å². The second-order valence-electron chi connectivity index (χ2n) is 3.64. The maximum absolute atomic E-state index is 11.7. The third-order valence-electron chi connectivity index (χ3n) is 2.72. The first-order chi connectivity index (χ1) is 6.70. The molecule has 0 aromatic heterocycles. The number of amides is 1. The van der Waals surface area contributed by atoms with Gasteiger partial charge in [-0.15, -0.1) is 0 Å². The fraction of sp³-hybridized carbons (Fsp3) is 0.700. The number of hydrogen-bond acceptors (Lipinski definition) is 3. The van der Waals surface area contributed by atoms with Crippen LogP contribution in [0.25, 0.3) is 0 Å². The van der Waals surface area contributed by atoms with E-state index in [0.29, 0.717) is 6.54 Å². The Balaban J connectivity index is 2.45. The summed E-state index contributed by atoms with van der Waals surface area (Å²) in [5, 5.41) is 3.24. The summed E-state index contributed by atoms with van der Waals surface area (Å²) in [7, 11) is 0. The molecule has 2 atom stereocenters. The van der Waals surface area contributed by atoms with E-state index in [1.165, 1.54) is 0 Å².